The number of piperazine rings is 1. The van der Waals surface area contributed by atoms with Crippen LogP contribution in [0.25, 0.3) is 11.7 Å². The number of likely N-dealkylation sites (N-methyl/N-ethyl adjacent to an activating group) is 1. The van der Waals surface area contributed by atoms with E-state index in [0.29, 0.717) is 24.0 Å². The summed E-state index contributed by atoms with van der Waals surface area (Å²) in [4.78, 5) is 9.03. The molecular formula is C14H21N5O2. The Hall–Kier alpha value is -1.70. The van der Waals surface area contributed by atoms with Gasteiger partial charge in [0, 0.05) is 39.3 Å². The molecule has 2 aromatic heterocycles. The first-order valence-corrected chi connectivity index (χ1v) is 7.29. The number of aromatic nitrogens is 2. The van der Waals surface area contributed by atoms with Gasteiger partial charge in [-0.2, -0.15) is 4.98 Å². The molecule has 7 heteroatoms. The second-order valence-corrected chi connectivity index (χ2v) is 5.32. The normalized spacial score (nSPS) is 16.7. The van der Waals surface area contributed by atoms with Gasteiger partial charge in [-0.05, 0) is 19.2 Å². The first-order valence-electron chi connectivity index (χ1n) is 7.29. The molecule has 0 bridgehead atoms. The van der Waals surface area contributed by atoms with Crippen LogP contribution in [-0.2, 0) is 6.54 Å². The molecule has 0 aliphatic carbocycles. The van der Waals surface area contributed by atoms with E-state index in [0.717, 1.165) is 39.3 Å². The maximum absolute atomic E-state index is 5.24. The van der Waals surface area contributed by atoms with E-state index in [1.807, 2.05) is 6.07 Å². The molecule has 3 heterocycles. The van der Waals surface area contributed by atoms with Gasteiger partial charge in [-0.3, -0.25) is 9.80 Å². The molecule has 0 spiro atoms. The summed E-state index contributed by atoms with van der Waals surface area (Å²) in [6.07, 6.45) is 1.60. The molecule has 1 aliphatic rings. The lowest BCUT2D eigenvalue weighted by molar-refractivity contribution is 0.200. The zero-order valence-corrected chi connectivity index (χ0v) is 12.3. The van der Waals surface area contributed by atoms with Gasteiger partial charge in [-0.1, -0.05) is 5.16 Å². The first-order chi connectivity index (χ1) is 10.3. The van der Waals surface area contributed by atoms with E-state index in [1.54, 1.807) is 12.3 Å². The van der Waals surface area contributed by atoms with E-state index < -0.39 is 0 Å². The van der Waals surface area contributed by atoms with Crippen LogP contribution in [-0.4, -0.2) is 66.3 Å². The van der Waals surface area contributed by atoms with Crippen molar-refractivity contribution in [3.8, 4) is 11.7 Å². The van der Waals surface area contributed by atoms with Crippen molar-refractivity contribution in [3.63, 3.8) is 0 Å². The van der Waals surface area contributed by atoms with E-state index in [1.165, 1.54) is 0 Å². The average molecular weight is 291 g/mol. The van der Waals surface area contributed by atoms with Gasteiger partial charge in [0.25, 0.3) is 5.89 Å². The van der Waals surface area contributed by atoms with Gasteiger partial charge in [0.15, 0.2) is 11.6 Å². The summed E-state index contributed by atoms with van der Waals surface area (Å²) < 4.78 is 10.4. The van der Waals surface area contributed by atoms with Crippen LogP contribution in [0.15, 0.2) is 27.3 Å². The van der Waals surface area contributed by atoms with Crippen molar-refractivity contribution in [2.24, 2.45) is 0 Å². The second kappa shape index (κ2) is 6.84. The molecule has 114 valence electrons. The van der Waals surface area contributed by atoms with E-state index in [9.17, 15) is 0 Å². The maximum atomic E-state index is 5.24. The smallest absolute Gasteiger partial charge is 0.293 e. The van der Waals surface area contributed by atoms with Crippen LogP contribution in [0.2, 0.25) is 0 Å². The van der Waals surface area contributed by atoms with Crippen molar-refractivity contribution >= 4 is 0 Å². The minimum atomic E-state index is 0.436. The van der Waals surface area contributed by atoms with E-state index >= 15 is 0 Å². The Labute approximate surface area is 123 Å². The Morgan fingerprint density at radius 1 is 1.38 bits per heavy atom. The van der Waals surface area contributed by atoms with Gasteiger partial charge >= 0.3 is 0 Å². The highest BCUT2D eigenvalue weighted by Crippen LogP contribution is 2.17. The van der Waals surface area contributed by atoms with Crippen LogP contribution < -0.4 is 5.32 Å². The van der Waals surface area contributed by atoms with Gasteiger partial charge in [-0.15, -0.1) is 0 Å². The Balaban J connectivity index is 1.47. The molecule has 2 aromatic rings. The van der Waals surface area contributed by atoms with Crippen LogP contribution in [0.4, 0.5) is 0 Å². The van der Waals surface area contributed by atoms with Crippen molar-refractivity contribution in [1.82, 2.24) is 25.3 Å². The third kappa shape index (κ3) is 3.90. The van der Waals surface area contributed by atoms with Gasteiger partial charge < -0.3 is 14.3 Å². The van der Waals surface area contributed by atoms with Gasteiger partial charge in [0.2, 0.25) is 0 Å². The molecule has 1 fully saturated rings. The third-order valence-electron chi connectivity index (χ3n) is 3.62. The molecule has 0 atom stereocenters. The fraction of sp³-hybridized carbons (Fsp3) is 0.571. The lowest BCUT2D eigenvalue weighted by Gasteiger charge is -2.28. The molecule has 1 aliphatic heterocycles. The lowest BCUT2D eigenvalue weighted by Crippen LogP contribution is -2.45. The van der Waals surface area contributed by atoms with E-state index in [4.69, 9.17) is 8.94 Å². The van der Waals surface area contributed by atoms with Crippen molar-refractivity contribution in [3.05, 3.63) is 24.2 Å². The summed E-state index contributed by atoms with van der Waals surface area (Å²) in [6, 6.07) is 3.62. The van der Waals surface area contributed by atoms with Crippen LogP contribution >= 0.6 is 0 Å². The number of rotatable bonds is 6. The quantitative estimate of drug-likeness (QED) is 0.838. The molecule has 0 aromatic carbocycles. The second-order valence-electron chi connectivity index (χ2n) is 5.32. The number of hydrogen-bond donors (Lipinski definition) is 1. The minimum Gasteiger partial charge on any atom is -0.459 e. The highest BCUT2D eigenvalue weighted by Gasteiger charge is 2.14. The summed E-state index contributed by atoms with van der Waals surface area (Å²) >= 11 is 0. The lowest BCUT2D eigenvalue weighted by atomic mass is 10.3. The summed E-state index contributed by atoms with van der Waals surface area (Å²) in [5.74, 6) is 1.73. The summed E-state index contributed by atoms with van der Waals surface area (Å²) in [7, 11) is 2.07. The zero-order valence-electron chi connectivity index (χ0n) is 12.3. The SMILES string of the molecule is CN(CCN1CCNCC1)Cc1noc(-c2ccco2)n1. The zero-order chi connectivity index (χ0) is 14.5. The first kappa shape index (κ1) is 14.2. The van der Waals surface area contributed by atoms with E-state index in [-0.39, 0.29) is 0 Å². The Morgan fingerprint density at radius 3 is 3.00 bits per heavy atom. The molecule has 0 saturated carbocycles. The number of nitrogens with zero attached hydrogens (tertiary/aromatic N) is 4. The topological polar surface area (TPSA) is 70.6 Å². The average Bonchev–Trinajstić information content (AvgIpc) is 3.17. The molecular weight excluding hydrogens is 270 g/mol. The predicted molar refractivity (Wildman–Crippen MR) is 77.6 cm³/mol. The number of furan rings is 1. The minimum absolute atomic E-state index is 0.436. The Bertz CT molecular complexity index is 533. The molecule has 0 amide bonds. The summed E-state index contributed by atoms with van der Waals surface area (Å²) in [5.41, 5.74) is 0. The largest absolute Gasteiger partial charge is 0.459 e. The monoisotopic (exact) mass is 291 g/mol. The van der Waals surface area contributed by atoms with Crippen LogP contribution in [0, 0.1) is 0 Å². The maximum Gasteiger partial charge on any atom is 0.293 e. The van der Waals surface area contributed by atoms with Crippen LogP contribution in [0.5, 0.6) is 0 Å². The summed E-state index contributed by atoms with van der Waals surface area (Å²) in [5, 5.41) is 7.36. The van der Waals surface area contributed by atoms with Crippen molar-refractivity contribution in [1.29, 1.82) is 0 Å². The molecule has 0 unspecified atom stereocenters. The van der Waals surface area contributed by atoms with Crippen molar-refractivity contribution < 1.29 is 8.94 Å². The van der Waals surface area contributed by atoms with E-state index in [2.05, 4.69) is 32.3 Å². The molecule has 7 nitrogen and oxygen atoms in total. The highest BCUT2D eigenvalue weighted by atomic mass is 16.5. The molecule has 1 saturated heterocycles. The third-order valence-corrected chi connectivity index (χ3v) is 3.62. The Kier molecular flexibility index (Phi) is 4.64. The molecule has 0 radical (unpaired) electrons. The number of hydrogen-bond acceptors (Lipinski definition) is 7. The molecule has 1 N–H and O–H groups in total. The van der Waals surface area contributed by atoms with Gasteiger partial charge in [0.05, 0.1) is 12.8 Å². The molecule has 21 heavy (non-hydrogen) atoms. The fourth-order valence-corrected chi connectivity index (χ4v) is 2.39. The van der Waals surface area contributed by atoms with Crippen molar-refractivity contribution in [2.75, 3.05) is 46.3 Å². The standard InChI is InChI=1S/C14H21N5O2/c1-18(8-9-19-6-4-15-5-7-19)11-13-16-14(21-17-13)12-3-2-10-20-12/h2-3,10,15H,4-9,11H2,1H3. The fourth-order valence-electron chi connectivity index (χ4n) is 2.39. The van der Waals surface area contributed by atoms with Gasteiger partial charge in [-0.25, -0.2) is 0 Å². The van der Waals surface area contributed by atoms with Gasteiger partial charge in [0.1, 0.15) is 0 Å². The highest BCUT2D eigenvalue weighted by molar-refractivity contribution is 5.42. The Morgan fingerprint density at radius 2 is 2.24 bits per heavy atom. The predicted octanol–water partition coefficient (Wildman–Crippen LogP) is 0.667. The van der Waals surface area contributed by atoms with Crippen LogP contribution in [0.3, 0.4) is 0 Å². The van der Waals surface area contributed by atoms with Crippen molar-refractivity contribution in [2.45, 2.75) is 6.54 Å². The summed E-state index contributed by atoms with van der Waals surface area (Å²) in [6.45, 7) is 7.15. The van der Waals surface area contributed by atoms with Crippen LogP contribution in [0.1, 0.15) is 5.82 Å². The number of nitrogens with one attached hydrogen (secondary N) is 1. The molecule has 3 rings (SSSR count).